The van der Waals surface area contributed by atoms with Crippen LogP contribution in [0, 0.1) is 0 Å². The number of carbonyl (C=O) groups is 1. The fraction of sp³-hybridized carbons (Fsp3) is 0.381. The molecular weight excluding hydrogens is 358 g/mol. The van der Waals surface area contributed by atoms with Gasteiger partial charge in [0.1, 0.15) is 6.10 Å². The minimum absolute atomic E-state index is 0.135. The molecule has 28 heavy (non-hydrogen) atoms. The molecule has 3 aromatic rings. The van der Waals surface area contributed by atoms with Crippen LogP contribution in [-0.2, 0) is 6.42 Å². The zero-order valence-corrected chi connectivity index (χ0v) is 16.1. The molecule has 146 valence electrons. The van der Waals surface area contributed by atoms with E-state index in [1.54, 1.807) is 30.5 Å². The number of para-hydroxylation sites is 1. The van der Waals surface area contributed by atoms with Gasteiger partial charge in [-0.1, -0.05) is 19.1 Å². The van der Waals surface area contributed by atoms with Crippen LogP contribution in [0.4, 0.5) is 0 Å². The van der Waals surface area contributed by atoms with Crippen molar-refractivity contribution < 1.29 is 18.7 Å². The molecule has 0 spiro atoms. The first-order valence-corrected chi connectivity index (χ1v) is 9.51. The van der Waals surface area contributed by atoms with E-state index in [9.17, 15) is 4.79 Å². The van der Waals surface area contributed by atoms with Crippen molar-refractivity contribution in [2.45, 2.75) is 32.3 Å². The molecule has 0 aliphatic carbocycles. The van der Waals surface area contributed by atoms with E-state index in [2.05, 4.69) is 16.9 Å². The molecule has 1 aliphatic rings. The molecule has 1 aliphatic heterocycles. The van der Waals surface area contributed by atoms with Crippen molar-refractivity contribution in [3.63, 3.8) is 0 Å². The molecule has 1 atom stereocenters. The quantitative estimate of drug-likeness (QED) is 0.673. The van der Waals surface area contributed by atoms with Crippen LogP contribution >= 0.6 is 0 Å². The molecule has 7 nitrogen and oxygen atoms in total. The summed E-state index contributed by atoms with van der Waals surface area (Å²) in [5, 5.41) is 0.844. The minimum Gasteiger partial charge on any atom is -0.493 e. The van der Waals surface area contributed by atoms with Crippen molar-refractivity contribution in [2.24, 2.45) is 0 Å². The highest BCUT2D eigenvalue weighted by molar-refractivity contribution is 5.97. The van der Waals surface area contributed by atoms with Crippen molar-refractivity contribution in [2.75, 3.05) is 20.2 Å². The van der Waals surface area contributed by atoms with E-state index in [4.69, 9.17) is 13.9 Å². The third-order valence-electron chi connectivity index (χ3n) is 4.97. The van der Waals surface area contributed by atoms with Gasteiger partial charge in [0.05, 0.1) is 13.7 Å². The Labute approximate surface area is 163 Å². The maximum Gasteiger partial charge on any atom is 0.316 e. The number of aryl methyl sites for hydroxylation is 1. The normalized spacial score (nSPS) is 16.9. The second-order valence-corrected chi connectivity index (χ2v) is 6.85. The number of rotatable bonds is 5. The summed E-state index contributed by atoms with van der Waals surface area (Å²) in [6, 6.07) is 7.70. The number of benzene rings is 1. The van der Waals surface area contributed by atoms with Crippen molar-refractivity contribution in [3.8, 4) is 11.8 Å². The Morgan fingerprint density at radius 3 is 2.89 bits per heavy atom. The first-order valence-electron chi connectivity index (χ1n) is 9.51. The summed E-state index contributed by atoms with van der Waals surface area (Å²) in [5.41, 5.74) is 1.65. The molecule has 0 saturated carbocycles. The molecule has 1 aromatic carbocycles. The summed E-state index contributed by atoms with van der Waals surface area (Å²) >= 11 is 0. The predicted molar refractivity (Wildman–Crippen MR) is 104 cm³/mol. The summed E-state index contributed by atoms with van der Waals surface area (Å²) in [5.74, 6) is 0.779. The number of carbonyl (C=O) groups excluding carboxylic acids is 1. The second kappa shape index (κ2) is 7.88. The van der Waals surface area contributed by atoms with E-state index >= 15 is 0 Å². The van der Waals surface area contributed by atoms with E-state index < -0.39 is 0 Å². The summed E-state index contributed by atoms with van der Waals surface area (Å²) in [7, 11) is 1.58. The van der Waals surface area contributed by atoms with Crippen molar-refractivity contribution in [1.82, 2.24) is 14.9 Å². The number of likely N-dealkylation sites (tertiary alicyclic amines) is 1. The lowest BCUT2D eigenvalue weighted by Crippen LogP contribution is -2.44. The number of nitrogens with zero attached hydrogens (tertiary/aromatic N) is 3. The van der Waals surface area contributed by atoms with Crippen molar-refractivity contribution in [3.05, 3.63) is 48.0 Å². The van der Waals surface area contributed by atoms with Gasteiger partial charge in [0, 0.05) is 24.3 Å². The number of aromatic nitrogens is 2. The maximum absolute atomic E-state index is 13.0. The van der Waals surface area contributed by atoms with Crippen LogP contribution in [0.2, 0.25) is 0 Å². The van der Waals surface area contributed by atoms with Crippen LogP contribution in [0.5, 0.6) is 11.8 Å². The molecule has 1 unspecified atom stereocenters. The summed E-state index contributed by atoms with van der Waals surface area (Å²) in [4.78, 5) is 23.2. The van der Waals surface area contributed by atoms with Gasteiger partial charge in [-0.2, -0.15) is 0 Å². The molecule has 1 saturated heterocycles. The third-order valence-corrected chi connectivity index (χ3v) is 4.97. The lowest BCUT2D eigenvalue weighted by Gasteiger charge is -2.31. The Morgan fingerprint density at radius 1 is 1.32 bits per heavy atom. The van der Waals surface area contributed by atoms with Crippen LogP contribution in [0.3, 0.4) is 0 Å². The number of methoxy groups -OCH3 is 1. The molecule has 1 fully saturated rings. The molecule has 3 heterocycles. The van der Waals surface area contributed by atoms with Gasteiger partial charge in [-0.15, -0.1) is 0 Å². The minimum atomic E-state index is -0.145. The van der Waals surface area contributed by atoms with Gasteiger partial charge in [-0.3, -0.25) is 4.79 Å². The fourth-order valence-electron chi connectivity index (χ4n) is 3.41. The van der Waals surface area contributed by atoms with E-state index in [1.807, 2.05) is 18.2 Å². The van der Waals surface area contributed by atoms with E-state index in [0.29, 0.717) is 36.2 Å². The molecule has 0 bridgehead atoms. The molecule has 0 N–H and O–H groups in total. The van der Waals surface area contributed by atoms with E-state index in [-0.39, 0.29) is 12.0 Å². The molecular formula is C21H23N3O4. The van der Waals surface area contributed by atoms with Crippen LogP contribution in [0.1, 0.15) is 35.9 Å². The Bertz CT molecular complexity index is 967. The number of furan rings is 1. The maximum atomic E-state index is 13.0. The highest BCUT2D eigenvalue weighted by Gasteiger charge is 2.28. The first kappa shape index (κ1) is 18.3. The van der Waals surface area contributed by atoms with Crippen molar-refractivity contribution >= 4 is 16.9 Å². The number of ether oxygens (including phenoxy) is 2. The van der Waals surface area contributed by atoms with Gasteiger partial charge in [0.25, 0.3) is 5.91 Å². The average Bonchev–Trinajstić information content (AvgIpc) is 3.18. The summed E-state index contributed by atoms with van der Waals surface area (Å²) < 4.78 is 17.0. The topological polar surface area (TPSA) is 77.7 Å². The van der Waals surface area contributed by atoms with Gasteiger partial charge >= 0.3 is 6.01 Å². The molecule has 2 aromatic heterocycles. The number of hydrogen-bond acceptors (Lipinski definition) is 6. The summed E-state index contributed by atoms with van der Waals surface area (Å²) in [6.45, 7) is 3.20. The Morgan fingerprint density at radius 2 is 2.14 bits per heavy atom. The lowest BCUT2D eigenvalue weighted by molar-refractivity contribution is 0.0491. The van der Waals surface area contributed by atoms with Crippen molar-refractivity contribution in [1.29, 1.82) is 0 Å². The average molecular weight is 381 g/mol. The van der Waals surface area contributed by atoms with Gasteiger partial charge in [0.15, 0.2) is 17.1 Å². The zero-order chi connectivity index (χ0) is 19.5. The Kier molecular flexibility index (Phi) is 5.14. The lowest BCUT2D eigenvalue weighted by atomic mass is 10.1. The first-order chi connectivity index (χ1) is 13.7. The number of piperidine rings is 1. The largest absolute Gasteiger partial charge is 0.493 e. The number of amides is 1. The molecule has 0 radical (unpaired) electrons. The highest BCUT2D eigenvalue weighted by Crippen LogP contribution is 2.29. The van der Waals surface area contributed by atoms with Crippen LogP contribution in [-0.4, -0.2) is 47.1 Å². The van der Waals surface area contributed by atoms with Gasteiger partial charge < -0.3 is 18.8 Å². The Balaban J connectivity index is 1.47. The van der Waals surface area contributed by atoms with Gasteiger partial charge in [-0.25, -0.2) is 9.97 Å². The van der Waals surface area contributed by atoms with E-state index in [1.165, 1.54) is 0 Å². The van der Waals surface area contributed by atoms with Gasteiger partial charge in [0.2, 0.25) is 0 Å². The number of fused-ring (bicyclic) bond motifs is 1. The monoisotopic (exact) mass is 381 g/mol. The zero-order valence-electron chi connectivity index (χ0n) is 16.1. The predicted octanol–water partition coefficient (Wildman–Crippen LogP) is 3.48. The fourth-order valence-corrected chi connectivity index (χ4v) is 3.41. The third kappa shape index (κ3) is 3.65. The standard InChI is InChI=1S/C21H23N3O4/c1-3-14-11-22-21(23-12-14)27-16-7-5-9-24(13-16)20(25)18-10-15-6-4-8-17(26-2)19(15)28-18/h4,6,8,10-12,16H,3,5,7,9,13H2,1-2H3. The molecule has 4 rings (SSSR count). The highest BCUT2D eigenvalue weighted by atomic mass is 16.5. The van der Waals surface area contributed by atoms with E-state index in [0.717, 1.165) is 30.2 Å². The smallest absolute Gasteiger partial charge is 0.316 e. The number of hydrogen-bond donors (Lipinski definition) is 0. The Hall–Kier alpha value is -3.09. The van der Waals surface area contributed by atoms with Crippen LogP contribution in [0.25, 0.3) is 11.0 Å². The second-order valence-electron chi connectivity index (χ2n) is 6.85. The summed E-state index contributed by atoms with van der Waals surface area (Å²) in [6.07, 6.45) is 6.01. The van der Waals surface area contributed by atoms with Crippen LogP contribution < -0.4 is 9.47 Å². The van der Waals surface area contributed by atoms with Crippen LogP contribution in [0.15, 0.2) is 41.1 Å². The SMILES string of the molecule is CCc1cnc(OC2CCCN(C(=O)c3cc4cccc(OC)c4o3)C2)nc1. The molecule has 1 amide bonds. The molecule has 7 heteroatoms. The van der Waals surface area contributed by atoms with Gasteiger partial charge in [-0.05, 0) is 37.0 Å².